The minimum absolute atomic E-state index is 0.174. The molecule has 0 radical (unpaired) electrons. The molecule has 1 aliphatic carbocycles. The number of rotatable bonds is 4. The fourth-order valence-corrected chi connectivity index (χ4v) is 1.88. The first-order chi connectivity index (χ1) is 6.68. The maximum absolute atomic E-state index is 11.8. The molecule has 2 aliphatic rings. The first-order valence-corrected chi connectivity index (χ1v) is 5.42. The molecule has 1 heterocycles. The van der Waals surface area contributed by atoms with Gasteiger partial charge in [0, 0.05) is 25.7 Å². The standard InChI is InChI=1S/C10H18N2O2/c1-8(13)4-5-11-6-7-12(10(11)14)9-2-3-9/h8-9,13H,2-7H2,1H3. The summed E-state index contributed by atoms with van der Waals surface area (Å²) < 4.78 is 0. The van der Waals surface area contributed by atoms with Gasteiger partial charge >= 0.3 is 6.03 Å². The topological polar surface area (TPSA) is 43.8 Å². The average Bonchev–Trinajstić information content (AvgIpc) is 2.89. The quantitative estimate of drug-likeness (QED) is 0.721. The summed E-state index contributed by atoms with van der Waals surface area (Å²) in [5, 5.41) is 9.13. The van der Waals surface area contributed by atoms with Crippen molar-refractivity contribution in [3.05, 3.63) is 0 Å². The minimum atomic E-state index is -0.308. The highest BCUT2D eigenvalue weighted by Crippen LogP contribution is 2.29. The zero-order chi connectivity index (χ0) is 10.1. The van der Waals surface area contributed by atoms with Gasteiger partial charge in [-0.3, -0.25) is 0 Å². The molecular weight excluding hydrogens is 180 g/mol. The van der Waals surface area contributed by atoms with Crippen molar-refractivity contribution < 1.29 is 9.90 Å². The van der Waals surface area contributed by atoms with E-state index in [-0.39, 0.29) is 12.1 Å². The molecule has 4 heteroatoms. The Bertz CT molecular complexity index is 226. The Morgan fingerprint density at radius 2 is 2.21 bits per heavy atom. The summed E-state index contributed by atoms with van der Waals surface area (Å²) in [6, 6.07) is 0.701. The summed E-state index contributed by atoms with van der Waals surface area (Å²) in [4.78, 5) is 15.6. The molecular formula is C10H18N2O2. The number of nitrogens with zero attached hydrogens (tertiary/aromatic N) is 2. The molecule has 1 saturated heterocycles. The number of amides is 2. The molecule has 0 aromatic carbocycles. The van der Waals surface area contributed by atoms with Gasteiger partial charge in [-0.1, -0.05) is 0 Å². The number of hydrogen-bond acceptors (Lipinski definition) is 2. The average molecular weight is 198 g/mol. The van der Waals surface area contributed by atoms with E-state index < -0.39 is 0 Å². The van der Waals surface area contributed by atoms with Gasteiger partial charge < -0.3 is 14.9 Å². The van der Waals surface area contributed by atoms with Crippen molar-refractivity contribution in [3.8, 4) is 0 Å². The summed E-state index contributed by atoms with van der Waals surface area (Å²) in [7, 11) is 0. The number of aliphatic hydroxyl groups excluding tert-OH is 1. The molecule has 2 fully saturated rings. The van der Waals surface area contributed by atoms with Crippen LogP contribution in [0.15, 0.2) is 0 Å². The summed E-state index contributed by atoms with van der Waals surface area (Å²) >= 11 is 0. The van der Waals surface area contributed by atoms with Gasteiger partial charge in [0.25, 0.3) is 0 Å². The number of carbonyl (C=O) groups excluding carboxylic acids is 1. The van der Waals surface area contributed by atoms with E-state index in [1.807, 2.05) is 9.80 Å². The molecule has 1 unspecified atom stereocenters. The maximum Gasteiger partial charge on any atom is 0.320 e. The van der Waals surface area contributed by atoms with Crippen molar-refractivity contribution in [2.24, 2.45) is 0 Å². The fraction of sp³-hybridized carbons (Fsp3) is 0.900. The Labute approximate surface area is 84.5 Å². The highest BCUT2D eigenvalue weighted by Gasteiger charge is 2.38. The number of aliphatic hydroxyl groups is 1. The molecule has 0 aromatic heterocycles. The lowest BCUT2D eigenvalue weighted by molar-refractivity contribution is 0.159. The van der Waals surface area contributed by atoms with E-state index in [0.717, 1.165) is 13.1 Å². The van der Waals surface area contributed by atoms with Crippen molar-refractivity contribution in [2.45, 2.75) is 38.3 Å². The first kappa shape index (κ1) is 9.77. The second kappa shape index (κ2) is 3.77. The van der Waals surface area contributed by atoms with Crippen molar-refractivity contribution >= 4 is 6.03 Å². The SMILES string of the molecule is CC(O)CCN1CCN(C2CC2)C1=O. The van der Waals surface area contributed by atoms with Crippen LogP contribution in [-0.4, -0.2) is 52.7 Å². The Morgan fingerprint density at radius 3 is 2.79 bits per heavy atom. The van der Waals surface area contributed by atoms with Gasteiger partial charge in [-0.2, -0.15) is 0 Å². The van der Waals surface area contributed by atoms with E-state index in [1.165, 1.54) is 12.8 Å². The van der Waals surface area contributed by atoms with Gasteiger partial charge in [0.15, 0.2) is 0 Å². The van der Waals surface area contributed by atoms with Crippen LogP contribution in [0.2, 0.25) is 0 Å². The lowest BCUT2D eigenvalue weighted by atomic mass is 10.3. The molecule has 0 spiro atoms. The second-order valence-corrected chi connectivity index (χ2v) is 4.33. The Hall–Kier alpha value is -0.770. The summed E-state index contributed by atoms with van der Waals surface area (Å²) in [6.45, 7) is 4.17. The fourth-order valence-electron chi connectivity index (χ4n) is 1.88. The predicted octanol–water partition coefficient (Wildman–Crippen LogP) is 0.657. The van der Waals surface area contributed by atoms with E-state index in [4.69, 9.17) is 5.11 Å². The van der Waals surface area contributed by atoms with Crippen LogP contribution in [0.1, 0.15) is 26.2 Å². The molecule has 14 heavy (non-hydrogen) atoms. The van der Waals surface area contributed by atoms with Gasteiger partial charge in [-0.25, -0.2) is 4.79 Å². The zero-order valence-corrected chi connectivity index (χ0v) is 8.65. The van der Waals surface area contributed by atoms with Crippen molar-refractivity contribution in [1.82, 2.24) is 9.80 Å². The highest BCUT2D eigenvalue weighted by atomic mass is 16.3. The molecule has 1 atom stereocenters. The van der Waals surface area contributed by atoms with Crippen molar-refractivity contribution in [1.29, 1.82) is 0 Å². The van der Waals surface area contributed by atoms with Gasteiger partial charge in [-0.15, -0.1) is 0 Å². The van der Waals surface area contributed by atoms with E-state index >= 15 is 0 Å². The molecule has 2 rings (SSSR count). The second-order valence-electron chi connectivity index (χ2n) is 4.33. The van der Waals surface area contributed by atoms with Crippen LogP contribution in [-0.2, 0) is 0 Å². The van der Waals surface area contributed by atoms with Crippen molar-refractivity contribution in [3.63, 3.8) is 0 Å². The molecule has 1 N–H and O–H groups in total. The van der Waals surface area contributed by atoms with Crippen LogP contribution in [0.4, 0.5) is 4.79 Å². The van der Waals surface area contributed by atoms with E-state index in [1.54, 1.807) is 6.92 Å². The molecule has 1 saturated carbocycles. The van der Waals surface area contributed by atoms with E-state index in [9.17, 15) is 4.79 Å². The van der Waals surface area contributed by atoms with E-state index in [2.05, 4.69) is 0 Å². The van der Waals surface area contributed by atoms with Crippen LogP contribution in [0.3, 0.4) is 0 Å². The summed E-state index contributed by atoms with van der Waals surface area (Å²) in [5.74, 6) is 0. The molecule has 0 aromatic rings. The lowest BCUT2D eigenvalue weighted by Gasteiger charge is -2.18. The monoisotopic (exact) mass is 198 g/mol. The van der Waals surface area contributed by atoms with Crippen LogP contribution in [0.25, 0.3) is 0 Å². The number of carbonyl (C=O) groups is 1. The third kappa shape index (κ3) is 2.00. The molecule has 4 nitrogen and oxygen atoms in total. The minimum Gasteiger partial charge on any atom is -0.393 e. The van der Waals surface area contributed by atoms with Crippen LogP contribution in [0, 0.1) is 0 Å². The third-order valence-electron chi connectivity index (χ3n) is 2.93. The summed E-state index contributed by atoms with van der Waals surface area (Å²) in [5.41, 5.74) is 0. The Morgan fingerprint density at radius 1 is 1.50 bits per heavy atom. The Kier molecular flexibility index (Phi) is 2.63. The van der Waals surface area contributed by atoms with E-state index in [0.29, 0.717) is 19.0 Å². The van der Waals surface area contributed by atoms with Crippen LogP contribution in [0.5, 0.6) is 0 Å². The zero-order valence-electron chi connectivity index (χ0n) is 8.65. The third-order valence-corrected chi connectivity index (χ3v) is 2.93. The molecule has 0 bridgehead atoms. The van der Waals surface area contributed by atoms with Gasteiger partial charge in [0.1, 0.15) is 0 Å². The number of hydrogen-bond donors (Lipinski definition) is 1. The number of urea groups is 1. The lowest BCUT2D eigenvalue weighted by Crippen LogP contribution is -2.34. The van der Waals surface area contributed by atoms with Crippen molar-refractivity contribution in [2.75, 3.05) is 19.6 Å². The van der Waals surface area contributed by atoms with Gasteiger partial charge in [0.2, 0.25) is 0 Å². The highest BCUT2D eigenvalue weighted by molar-refractivity contribution is 5.77. The largest absolute Gasteiger partial charge is 0.393 e. The van der Waals surface area contributed by atoms with Gasteiger partial charge in [0.05, 0.1) is 6.10 Å². The first-order valence-electron chi connectivity index (χ1n) is 5.42. The Balaban J connectivity index is 1.80. The van der Waals surface area contributed by atoms with Crippen LogP contribution < -0.4 is 0 Å². The van der Waals surface area contributed by atoms with Gasteiger partial charge in [-0.05, 0) is 26.2 Å². The smallest absolute Gasteiger partial charge is 0.320 e. The molecule has 1 aliphatic heterocycles. The summed E-state index contributed by atoms with van der Waals surface area (Å²) in [6.07, 6.45) is 2.73. The predicted molar refractivity (Wildman–Crippen MR) is 53.0 cm³/mol. The molecule has 80 valence electrons. The molecule has 2 amide bonds. The van der Waals surface area contributed by atoms with Crippen LogP contribution >= 0.6 is 0 Å². The normalized spacial score (nSPS) is 24.6. The maximum atomic E-state index is 11.8.